The Morgan fingerprint density at radius 2 is 2.19 bits per heavy atom. The van der Waals surface area contributed by atoms with Gasteiger partial charge in [-0.05, 0) is 18.2 Å². The van der Waals surface area contributed by atoms with Crippen LogP contribution in [0.2, 0.25) is 5.02 Å². The predicted octanol–water partition coefficient (Wildman–Crippen LogP) is 1.98. The molecule has 7 nitrogen and oxygen atoms in total. The van der Waals surface area contributed by atoms with Crippen LogP contribution in [0.5, 0.6) is 5.75 Å². The Labute approximate surface area is 159 Å². The van der Waals surface area contributed by atoms with Crippen molar-refractivity contribution in [2.75, 3.05) is 47.5 Å². The number of halogens is 1. The third-order valence-corrected chi connectivity index (χ3v) is 4.63. The van der Waals surface area contributed by atoms with E-state index in [2.05, 4.69) is 5.32 Å². The largest absolute Gasteiger partial charge is 0.496 e. The van der Waals surface area contributed by atoms with E-state index in [1.807, 2.05) is 0 Å². The molecule has 144 valence electrons. The summed E-state index contributed by atoms with van der Waals surface area (Å²) in [5.41, 5.74) is 0.833. The first kappa shape index (κ1) is 20.3. The number of ether oxygens (including phenoxy) is 2. The molecule has 3 amide bonds. The summed E-state index contributed by atoms with van der Waals surface area (Å²) in [5, 5.41) is 3.49. The Hall–Kier alpha value is -1.99. The minimum Gasteiger partial charge on any atom is -0.496 e. The molecule has 1 aromatic rings. The van der Waals surface area contributed by atoms with Crippen molar-refractivity contribution in [3.63, 3.8) is 0 Å². The number of hydrogen-bond acceptors (Lipinski definition) is 4. The van der Waals surface area contributed by atoms with Crippen LogP contribution in [0.15, 0.2) is 18.2 Å². The zero-order valence-electron chi connectivity index (χ0n) is 15.5. The number of carbonyl (C=O) groups excluding carboxylic acids is 2. The molecule has 1 aliphatic heterocycles. The molecule has 1 saturated heterocycles. The fourth-order valence-electron chi connectivity index (χ4n) is 2.97. The van der Waals surface area contributed by atoms with Gasteiger partial charge in [-0.2, -0.15) is 0 Å². The number of benzene rings is 1. The quantitative estimate of drug-likeness (QED) is 0.745. The Morgan fingerprint density at radius 3 is 2.88 bits per heavy atom. The van der Waals surface area contributed by atoms with Crippen molar-refractivity contribution in [3.8, 4) is 5.75 Å². The SMILES string of the molecule is COCCN1CC(CNC(=O)N(C)Cc2cc(Cl)ccc2OC)CC1=O. The molecule has 1 unspecified atom stereocenters. The summed E-state index contributed by atoms with van der Waals surface area (Å²) in [6, 6.07) is 5.11. The second kappa shape index (κ2) is 9.64. The van der Waals surface area contributed by atoms with Gasteiger partial charge in [0.25, 0.3) is 0 Å². The van der Waals surface area contributed by atoms with Crippen molar-refractivity contribution >= 4 is 23.5 Å². The lowest BCUT2D eigenvalue weighted by atomic mass is 10.1. The molecule has 0 aliphatic carbocycles. The smallest absolute Gasteiger partial charge is 0.317 e. The highest BCUT2D eigenvalue weighted by Gasteiger charge is 2.29. The van der Waals surface area contributed by atoms with Crippen molar-refractivity contribution in [2.45, 2.75) is 13.0 Å². The number of amides is 3. The number of nitrogens with one attached hydrogen (secondary N) is 1. The molecule has 2 rings (SSSR count). The molecule has 1 fully saturated rings. The van der Waals surface area contributed by atoms with Crippen molar-refractivity contribution in [1.29, 1.82) is 0 Å². The van der Waals surface area contributed by atoms with Gasteiger partial charge in [0.15, 0.2) is 0 Å². The molecule has 0 radical (unpaired) electrons. The van der Waals surface area contributed by atoms with Gasteiger partial charge < -0.3 is 24.6 Å². The van der Waals surface area contributed by atoms with Gasteiger partial charge in [-0.3, -0.25) is 4.79 Å². The highest BCUT2D eigenvalue weighted by atomic mass is 35.5. The Morgan fingerprint density at radius 1 is 1.42 bits per heavy atom. The number of carbonyl (C=O) groups is 2. The number of methoxy groups -OCH3 is 2. The van der Waals surface area contributed by atoms with E-state index in [0.29, 0.717) is 50.0 Å². The molecule has 8 heteroatoms. The molecule has 1 atom stereocenters. The van der Waals surface area contributed by atoms with Gasteiger partial charge in [0.2, 0.25) is 5.91 Å². The molecule has 0 bridgehead atoms. The highest BCUT2D eigenvalue weighted by molar-refractivity contribution is 6.30. The highest BCUT2D eigenvalue weighted by Crippen LogP contribution is 2.24. The fraction of sp³-hybridized carbons (Fsp3) is 0.556. The van der Waals surface area contributed by atoms with Crippen LogP contribution < -0.4 is 10.1 Å². The van der Waals surface area contributed by atoms with Crippen LogP contribution in [0.4, 0.5) is 4.79 Å². The molecule has 0 saturated carbocycles. The van der Waals surface area contributed by atoms with E-state index in [4.69, 9.17) is 21.1 Å². The maximum Gasteiger partial charge on any atom is 0.317 e. The maximum atomic E-state index is 12.3. The molecule has 0 spiro atoms. The average molecular weight is 384 g/mol. The Kier molecular flexibility index (Phi) is 7.53. The van der Waals surface area contributed by atoms with Crippen LogP contribution in [0, 0.1) is 5.92 Å². The molecule has 1 aliphatic rings. The zero-order chi connectivity index (χ0) is 19.1. The van der Waals surface area contributed by atoms with E-state index in [1.165, 1.54) is 0 Å². The van der Waals surface area contributed by atoms with Crippen molar-refractivity contribution in [1.82, 2.24) is 15.1 Å². The van der Waals surface area contributed by atoms with Crippen molar-refractivity contribution in [3.05, 3.63) is 28.8 Å². The van der Waals surface area contributed by atoms with Gasteiger partial charge in [-0.15, -0.1) is 0 Å². The third kappa shape index (κ3) is 5.51. The third-order valence-electron chi connectivity index (χ3n) is 4.40. The molecular formula is C18H26ClN3O4. The summed E-state index contributed by atoms with van der Waals surface area (Å²) in [4.78, 5) is 27.6. The van der Waals surface area contributed by atoms with Gasteiger partial charge in [-0.1, -0.05) is 11.6 Å². The Balaban J connectivity index is 1.83. The zero-order valence-corrected chi connectivity index (χ0v) is 16.2. The molecular weight excluding hydrogens is 358 g/mol. The number of hydrogen-bond donors (Lipinski definition) is 1. The van der Waals surface area contributed by atoms with Crippen LogP contribution in [-0.2, 0) is 16.1 Å². The van der Waals surface area contributed by atoms with E-state index in [-0.39, 0.29) is 17.9 Å². The first-order chi connectivity index (χ1) is 12.4. The van der Waals surface area contributed by atoms with E-state index in [9.17, 15) is 9.59 Å². The Bertz CT molecular complexity index is 641. The topological polar surface area (TPSA) is 71.1 Å². The van der Waals surface area contributed by atoms with E-state index in [0.717, 1.165) is 5.56 Å². The summed E-state index contributed by atoms with van der Waals surface area (Å²) in [6.07, 6.45) is 0.454. The van der Waals surface area contributed by atoms with E-state index in [1.54, 1.807) is 49.3 Å². The molecule has 1 heterocycles. The second-order valence-electron chi connectivity index (χ2n) is 6.40. The van der Waals surface area contributed by atoms with E-state index < -0.39 is 0 Å². The lowest BCUT2D eigenvalue weighted by molar-refractivity contribution is -0.128. The lowest BCUT2D eigenvalue weighted by Crippen LogP contribution is -2.39. The average Bonchev–Trinajstić information content (AvgIpc) is 2.97. The van der Waals surface area contributed by atoms with Crippen LogP contribution in [0.3, 0.4) is 0 Å². The normalized spacial score (nSPS) is 16.7. The van der Waals surface area contributed by atoms with Crippen LogP contribution in [0.25, 0.3) is 0 Å². The van der Waals surface area contributed by atoms with Gasteiger partial charge in [0, 0.05) is 56.7 Å². The lowest BCUT2D eigenvalue weighted by Gasteiger charge is -2.21. The van der Waals surface area contributed by atoms with Gasteiger partial charge in [0.1, 0.15) is 5.75 Å². The molecule has 26 heavy (non-hydrogen) atoms. The van der Waals surface area contributed by atoms with Gasteiger partial charge in [-0.25, -0.2) is 4.79 Å². The minimum absolute atomic E-state index is 0.110. The summed E-state index contributed by atoms with van der Waals surface area (Å²) >= 11 is 6.03. The first-order valence-electron chi connectivity index (χ1n) is 8.52. The minimum atomic E-state index is -0.199. The standard InChI is InChI=1S/C18H26ClN3O4/c1-21(12-14-9-15(19)4-5-16(14)26-3)18(24)20-10-13-8-17(23)22(11-13)6-7-25-2/h4-5,9,13H,6-8,10-12H2,1-3H3,(H,20,24). The number of nitrogens with zero attached hydrogens (tertiary/aromatic N) is 2. The first-order valence-corrected chi connectivity index (χ1v) is 8.90. The molecule has 0 aromatic heterocycles. The van der Waals surface area contributed by atoms with Crippen LogP contribution >= 0.6 is 11.6 Å². The van der Waals surface area contributed by atoms with Crippen molar-refractivity contribution < 1.29 is 19.1 Å². The van der Waals surface area contributed by atoms with Crippen molar-refractivity contribution in [2.24, 2.45) is 5.92 Å². The van der Waals surface area contributed by atoms with Gasteiger partial charge >= 0.3 is 6.03 Å². The van der Waals surface area contributed by atoms with Crippen LogP contribution in [0.1, 0.15) is 12.0 Å². The monoisotopic (exact) mass is 383 g/mol. The fourth-order valence-corrected chi connectivity index (χ4v) is 3.17. The molecule has 1 N–H and O–H groups in total. The van der Waals surface area contributed by atoms with Crippen LogP contribution in [-0.4, -0.2) is 69.2 Å². The number of urea groups is 1. The number of rotatable bonds is 8. The number of likely N-dealkylation sites (tertiary alicyclic amines) is 1. The van der Waals surface area contributed by atoms with E-state index >= 15 is 0 Å². The summed E-state index contributed by atoms with van der Waals surface area (Å²) in [5.74, 6) is 0.917. The maximum absolute atomic E-state index is 12.3. The molecule has 1 aromatic carbocycles. The second-order valence-corrected chi connectivity index (χ2v) is 6.84. The van der Waals surface area contributed by atoms with Gasteiger partial charge in [0.05, 0.1) is 20.3 Å². The summed E-state index contributed by atoms with van der Waals surface area (Å²) < 4.78 is 10.3. The summed E-state index contributed by atoms with van der Waals surface area (Å²) in [6.45, 7) is 2.60. The predicted molar refractivity (Wildman–Crippen MR) is 99.4 cm³/mol. The summed E-state index contributed by atoms with van der Waals surface area (Å²) in [7, 11) is 4.91.